The molecule has 0 amide bonds. The lowest BCUT2D eigenvalue weighted by Crippen LogP contribution is -2.23. The molecule has 1 aromatic carbocycles. The summed E-state index contributed by atoms with van der Waals surface area (Å²) < 4.78 is 0. The predicted molar refractivity (Wildman–Crippen MR) is 79.5 cm³/mol. The van der Waals surface area contributed by atoms with E-state index in [0.717, 1.165) is 16.7 Å². The normalized spacial score (nSPS) is 22.6. The quantitative estimate of drug-likeness (QED) is 0.885. The van der Waals surface area contributed by atoms with Gasteiger partial charge in [-0.05, 0) is 30.9 Å². The van der Waals surface area contributed by atoms with E-state index < -0.39 is 0 Å². The Morgan fingerprint density at radius 1 is 1.16 bits per heavy atom. The molecule has 2 atom stereocenters. The Morgan fingerprint density at radius 2 is 2.00 bits per heavy atom. The van der Waals surface area contributed by atoms with Gasteiger partial charge in [0.2, 0.25) is 5.95 Å². The van der Waals surface area contributed by atoms with E-state index in [4.69, 9.17) is 0 Å². The molecule has 1 fully saturated rings. The van der Waals surface area contributed by atoms with Gasteiger partial charge < -0.3 is 10.6 Å². The molecule has 100 valence electrons. The first-order valence-electron chi connectivity index (χ1n) is 6.99. The lowest BCUT2D eigenvalue weighted by Gasteiger charge is -2.19. The highest BCUT2D eigenvalue weighted by atomic mass is 15.1. The van der Waals surface area contributed by atoms with Crippen molar-refractivity contribution in [2.24, 2.45) is 5.92 Å². The van der Waals surface area contributed by atoms with Crippen molar-refractivity contribution >= 4 is 22.7 Å². The fraction of sp³-hybridized carbons (Fsp3) is 0.467. The number of nitrogens with one attached hydrogen (secondary N) is 2. The van der Waals surface area contributed by atoms with Gasteiger partial charge in [0, 0.05) is 18.5 Å². The standard InChI is InChI=1S/C15H20N4/c1-10-6-5-9-12(10)17-14-11-7-3-4-8-13(11)18-15(16-2)19-14/h3-4,7-8,10,12H,5-6,9H2,1-2H3,(H2,16,17,18,19). The summed E-state index contributed by atoms with van der Waals surface area (Å²) in [6.07, 6.45) is 3.84. The summed E-state index contributed by atoms with van der Waals surface area (Å²) in [5, 5.41) is 7.75. The number of hydrogen-bond acceptors (Lipinski definition) is 4. The van der Waals surface area contributed by atoms with Crippen LogP contribution in [0.5, 0.6) is 0 Å². The lowest BCUT2D eigenvalue weighted by atomic mass is 10.1. The zero-order valence-corrected chi connectivity index (χ0v) is 11.5. The molecule has 3 rings (SSSR count). The maximum atomic E-state index is 4.58. The summed E-state index contributed by atoms with van der Waals surface area (Å²) in [4.78, 5) is 9.07. The minimum atomic E-state index is 0.531. The SMILES string of the molecule is CNc1nc(NC2CCCC2C)c2ccccc2n1. The first kappa shape index (κ1) is 12.2. The van der Waals surface area contributed by atoms with Crippen LogP contribution in [0, 0.1) is 5.92 Å². The molecule has 2 N–H and O–H groups in total. The van der Waals surface area contributed by atoms with Crippen molar-refractivity contribution in [2.75, 3.05) is 17.7 Å². The fourth-order valence-electron chi connectivity index (χ4n) is 2.83. The number of anilines is 2. The van der Waals surface area contributed by atoms with Crippen LogP contribution in [-0.2, 0) is 0 Å². The average Bonchev–Trinajstić information content (AvgIpc) is 2.84. The van der Waals surface area contributed by atoms with E-state index in [9.17, 15) is 0 Å². The van der Waals surface area contributed by atoms with E-state index in [0.29, 0.717) is 17.9 Å². The third kappa shape index (κ3) is 2.35. The van der Waals surface area contributed by atoms with Gasteiger partial charge in [0.25, 0.3) is 0 Å². The Labute approximate surface area is 113 Å². The summed E-state index contributed by atoms with van der Waals surface area (Å²) in [6, 6.07) is 8.69. The molecule has 1 aliphatic rings. The van der Waals surface area contributed by atoms with Gasteiger partial charge in [-0.2, -0.15) is 4.98 Å². The van der Waals surface area contributed by atoms with Crippen molar-refractivity contribution in [3.8, 4) is 0 Å². The summed E-state index contributed by atoms with van der Waals surface area (Å²) in [7, 11) is 1.85. The van der Waals surface area contributed by atoms with Gasteiger partial charge in [0.05, 0.1) is 5.52 Å². The van der Waals surface area contributed by atoms with Crippen LogP contribution in [0.3, 0.4) is 0 Å². The van der Waals surface area contributed by atoms with E-state index in [1.807, 2.05) is 25.2 Å². The van der Waals surface area contributed by atoms with Gasteiger partial charge in [-0.3, -0.25) is 0 Å². The first-order chi connectivity index (χ1) is 9.28. The van der Waals surface area contributed by atoms with Crippen LogP contribution in [0.15, 0.2) is 24.3 Å². The molecule has 19 heavy (non-hydrogen) atoms. The minimum Gasteiger partial charge on any atom is -0.366 e. The monoisotopic (exact) mass is 256 g/mol. The van der Waals surface area contributed by atoms with Crippen LogP contribution in [0.25, 0.3) is 10.9 Å². The number of benzene rings is 1. The summed E-state index contributed by atoms with van der Waals surface area (Å²) >= 11 is 0. The van der Waals surface area contributed by atoms with Crippen LogP contribution in [0.2, 0.25) is 0 Å². The second-order valence-corrected chi connectivity index (χ2v) is 5.32. The summed E-state index contributed by atoms with van der Waals surface area (Å²) in [5.41, 5.74) is 0.981. The van der Waals surface area contributed by atoms with Crippen LogP contribution >= 0.6 is 0 Å². The molecule has 2 aromatic rings. The molecule has 0 saturated heterocycles. The Hall–Kier alpha value is -1.84. The molecular weight excluding hydrogens is 236 g/mol. The smallest absolute Gasteiger partial charge is 0.224 e. The van der Waals surface area contributed by atoms with Crippen molar-refractivity contribution < 1.29 is 0 Å². The second-order valence-electron chi connectivity index (χ2n) is 5.32. The highest BCUT2D eigenvalue weighted by molar-refractivity contribution is 5.90. The number of rotatable bonds is 3. The zero-order valence-electron chi connectivity index (χ0n) is 11.5. The van der Waals surface area contributed by atoms with Crippen LogP contribution in [-0.4, -0.2) is 23.1 Å². The number of hydrogen-bond donors (Lipinski definition) is 2. The van der Waals surface area contributed by atoms with E-state index >= 15 is 0 Å². The largest absolute Gasteiger partial charge is 0.366 e. The predicted octanol–water partition coefficient (Wildman–Crippen LogP) is 3.27. The van der Waals surface area contributed by atoms with Crippen molar-refractivity contribution in [2.45, 2.75) is 32.2 Å². The maximum absolute atomic E-state index is 4.58. The third-order valence-electron chi connectivity index (χ3n) is 4.01. The number of nitrogens with zero attached hydrogens (tertiary/aromatic N) is 2. The molecule has 0 radical (unpaired) electrons. The molecule has 4 heteroatoms. The van der Waals surface area contributed by atoms with E-state index in [1.165, 1.54) is 19.3 Å². The molecule has 1 aromatic heterocycles. The Kier molecular flexibility index (Phi) is 3.23. The maximum Gasteiger partial charge on any atom is 0.224 e. The summed E-state index contributed by atoms with van der Waals surface area (Å²) in [6.45, 7) is 2.31. The minimum absolute atomic E-state index is 0.531. The highest BCUT2D eigenvalue weighted by Gasteiger charge is 2.24. The van der Waals surface area contributed by atoms with E-state index in [-0.39, 0.29) is 0 Å². The number of aromatic nitrogens is 2. The van der Waals surface area contributed by atoms with Gasteiger partial charge in [-0.15, -0.1) is 0 Å². The zero-order chi connectivity index (χ0) is 13.2. The van der Waals surface area contributed by atoms with Crippen molar-refractivity contribution in [1.29, 1.82) is 0 Å². The van der Waals surface area contributed by atoms with Crippen molar-refractivity contribution in [3.05, 3.63) is 24.3 Å². The topological polar surface area (TPSA) is 49.8 Å². The van der Waals surface area contributed by atoms with E-state index in [1.54, 1.807) is 0 Å². The van der Waals surface area contributed by atoms with Crippen LogP contribution in [0.4, 0.5) is 11.8 Å². The highest BCUT2D eigenvalue weighted by Crippen LogP contribution is 2.30. The third-order valence-corrected chi connectivity index (χ3v) is 4.01. The van der Waals surface area contributed by atoms with Crippen molar-refractivity contribution in [3.63, 3.8) is 0 Å². The van der Waals surface area contributed by atoms with E-state index in [2.05, 4.69) is 33.6 Å². The van der Waals surface area contributed by atoms with Crippen molar-refractivity contribution in [1.82, 2.24) is 9.97 Å². The molecule has 0 spiro atoms. The van der Waals surface area contributed by atoms with Crippen LogP contribution in [0.1, 0.15) is 26.2 Å². The summed E-state index contributed by atoms with van der Waals surface area (Å²) in [5.74, 6) is 2.34. The van der Waals surface area contributed by atoms with Crippen LogP contribution < -0.4 is 10.6 Å². The van der Waals surface area contributed by atoms with Gasteiger partial charge in [0.15, 0.2) is 0 Å². The lowest BCUT2D eigenvalue weighted by molar-refractivity contribution is 0.555. The molecule has 1 saturated carbocycles. The molecule has 1 aliphatic carbocycles. The van der Waals surface area contributed by atoms with Gasteiger partial charge in [-0.25, -0.2) is 4.98 Å². The number of para-hydroxylation sites is 1. The average molecular weight is 256 g/mol. The molecular formula is C15H20N4. The molecule has 2 unspecified atom stereocenters. The van der Waals surface area contributed by atoms with Gasteiger partial charge in [0.1, 0.15) is 5.82 Å². The first-order valence-corrected chi connectivity index (χ1v) is 6.99. The molecule has 4 nitrogen and oxygen atoms in total. The second kappa shape index (κ2) is 5.03. The van der Waals surface area contributed by atoms with Gasteiger partial charge in [-0.1, -0.05) is 25.5 Å². The molecule has 0 bridgehead atoms. The number of fused-ring (bicyclic) bond motifs is 1. The molecule has 0 aliphatic heterocycles. The Bertz CT molecular complexity index is 581. The molecule has 1 heterocycles. The Morgan fingerprint density at radius 3 is 2.74 bits per heavy atom. The van der Waals surface area contributed by atoms with Gasteiger partial charge >= 0.3 is 0 Å². The Balaban J connectivity index is 2.00. The fourth-order valence-corrected chi connectivity index (χ4v) is 2.83.